The summed E-state index contributed by atoms with van der Waals surface area (Å²) in [4.78, 5) is 4.26. The third kappa shape index (κ3) is 3.40. The Bertz CT molecular complexity index is 615. The van der Waals surface area contributed by atoms with Gasteiger partial charge in [-0.1, -0.05) is 12.1 Å². The van der Waals surface area contributed by atoms with Crippen molar-refractivity contribution in [3.63, 3.8) is 0 Å². The van der Waals surface area contributed by atoms with Gasteiger partial charge in [-0.3, -0.25) is 4.98 Å². The van der Waals surface area contributed by atoms with Crippen LogP contribution in [-0.2, 0) is 12.0 Å². The molecule has 1 aromatic heterocycles. The number of aliphatic hydroxyl groups is 1. The van der Waals surface area contributed by atoms with Crippen molar-refractivity contribution < 1.29 is 5.11 Å². The highest BCUT2D eigenvalue weighted by Crippen LogP contribution is 2.25. The van der Waals surface area contributed by atoms with E-state index in [2.05, 4.69) is 27.0 Å². The average molecular weight is 317 g/mol. The zero-order valence-corrected chi connectivity index (χ0v) is 12.1. The number of halogens is 1. The molecule has 0 saturated heterocycles. The molecular formula is C15H13BrN2O. The predicted molar refractivity (Wildman–Crippen MR) is 76.4 cm³/mol. The molecule has 4 heteroatoms. The molecule has 0 saturated carbocycles. The molecule has 0 fully saturated rings. The first kappa shape index (κ1) is 13.7. The predicted octanol–water partition coefficient (Wildman–Crippen LogP) is 3.17. The molecule has 0 amide bonds. The van der Waals surface area contributed by atoms with Crippen molar-refractivity contribution in [2.75, 3.05) is 0 Å². The molecule has 0 aliphatic rings. The molecule has 19 heavy (non-hydrogen) atoms. The Kier molecular flexibility index (Phi) is 3.98. The quantitative estimate of drug-likeness (QED) is 0.946. The van der Waals surface area contributed by atoms with Crippen LogP contribution >= 0.6 is 15.9 Å². The van der Waals surface area contributed by atoms with Crippen molar-refractivity contribution in [3.05, 3.63) is 63.9 Å². The van der Waals surface area contributed by atoms with E-state index in [9.17, 15) is 5.11 Å². The Morgan fingerprint density at radius 3 is 2.79 bits per heavy atom. The zero-order chi connectivity index (χ0) is 13.9. The summed E-state index contributed by atoms with van der Waals surface area (Å²) in [5, 5.41) is 19.5. The number of hydrogen-bond acceptors (Lipinski definition) is 3. The van der Waals surface area contributed by atoms with Crippen LogP contribution in [0.3, 0.4) is 0 Å². The molecule has 1 N–H and O–H groups in total. The van der Waals surface area contributed by atoms with Gasteiger partial charge in [0, 0.05) is 22.8 Å². The van der Waals surface area contributed by atoms with E-state index in [1.807, 2.05) is 18.2 Å². The molecule has 96 valence electrons. The lowest BCUT2D eigenvalue weighted by atomic mass is 9.90. The highest BCUT2D eigenvalue weighted by Gasteiger charge is 2.24. The van der Waals surface area contributed by atoms with E-state index in [1.165, 1.54) is 0 Å². The van der Waals surface area contributed by atoms with Crippen LogP contribution in [0.15, 0.2) is 47.1 Å². The van der Waals surface area contributed by atoms with Crippen molar-refractivity contribution in [2.45, 2.75) is 18.9 Å². The second kappa shape index (κ2) is 5.52. The number of pyridine rings is 1. The zero-order valence-electron chi connectivity index (χ0n) is 10.5. The Morgan fingerprint density at radius 2 is 2.16 bits per heavy atom. The lowest BCUT2D eigenvalue weighted by Crippen LogP contribution is -2.24. The highest BCUT2D eigenvalue weighted by atomic mass is 79.9. The maximum Gasteiger partial charge on any atom is 0.0991 e. The number of nitriles is 1. The molecule has 0 spiro atoms. The maximum atomic E-state index is 10.6. The first-order valence-corrected chi connectivity index (χ1v) is 6.64. The fraction of sp³-hybridized carbons (Fsp3) is 0.200. The van der Waals surface area contributed by atoms with Crippen molar-refractivity contribution in [2.24, 2.45) is 0 Å². The standard InChI is InChI=1S/C15H13BrN2O/c1-15(19,8-14-6-5-13(16)10-18-14)12-4-2-3-11(7-12)9-17/h2-7,10,19H,8H2,1H3. The van der Waals surface area contributed by atoms with Crippen molar-refractivity contribution in [1.82, 2.24) is 4.98 Å². The second-order valence-corrected chi connectivity index (χ2v) is 5.53. The molecule has 1 aromatic carbocycles. The van der Waals surface area contributed by atoms with Crippen LogP contribution in [0, 0.1) is 11.3 Å². The van der Waals surface area contributed by atoms with Crippen molar-refractivity contribution in [3.8, 4) is 6.07 Å². The molecule has 0 bridgehead atoms. The van der Waals surface area contributed by atoms with Crippen LogP contribution in [0.2, 0.25) is 0 Å². The van der Waals surface area contributed by atoms with Gasteiger partial charge in [-0.25, -0.2) is 0 Å². The number of aromatic nitrogens is 1. The van der Waals surface area contributed by atoms with Crippen molar-refractivity contribution in [1.29, 1.82) is 5.26 Å². The fourth-order valence-electron chi connectivity index (χ4n) is 1.89. The van der Waals surface area contributed by atoms with Gasteiger partial charge >= 0.3 is 0 Å². The third-order valence-electron chi connectivity index (χ3n) is 2.93. The Morgan fingerprint density at radius 1 is 1.37 bits per heavy atom. The molecular weight excluding hydrogens is 304 g/mol. The number of nitrogens with zero attached hydrogens (tertiary/aromatic N) is 2. The van der Waals surface area contributed by atoms with Crippen LogP contribution < -0.4 is 0 Å². The average Bonchev–Trinajstić information content (AvgIpc) is 2.41. The summed E-state index contributed by atoms with van der Waals surface area (Å²) in [6.07, 6.45) is 2.10. The van der Waals surface area contributed by atoms with Crippen LogP contribution in [0.4, 0.5) is 0 Å². The summed E-state index contributed by atoms with van der Waals surface area (Å²) in [5.41, 5.74) is 1.02. The van der Waals surface area contributed by atoms with Gasteiger partial charge in [0.2, 0.25) is 0 Å². The minimum Gasteiger partial charge on any atom is -0.385 e. The lowest BCUT2D eigenvalue weighted by Gasteiger charge is -2.23. The Balaban J connectivity index is 2.26. The number of hydrogen-bond donors (Lipinski definition) is 1. The van der Waals surface area contributed by atoms with E-state index >= 15 is 0 Å². The summed E-state index contributed by atoms with van der Waals surface area (Å²) >= 11 is 3.33. The van der Waals surface area contributed by atoms with E-state index < -0.39 is 5.60 Å². The first-order chi connectivity index (χ1) is 9.01. The van der Waals surface area contributed by atoms with E-state index in [0.717, 1.165) is 15.7 Å². The van der Waals surface area contributed by atoms with E-state index in [0.29, 0.717) is 12.0 Å². The summed E-state index contributed by atoms with van der Waals surface area (Å²) < 4.78 is 0.905. The van der Waals surface area contributed by atoms with Gasteiger partial charge in [-0.15, -0.1) is 0 Å². The van der Waals surface area contributed by atoms with Gasteiger partial charge in [0.15, 0.2) is 0 Å². The number of benzene rings is 1. The van der Waals surface area contributed by atoms with Gasteiger partial charge in [0.25, 0.3) is 0 Å². The summed E-state index contributed by atoms with van der Waals surface area (Å²) in [6, 6.07) is 12.9. The van der Waals surface area contributed by atoms with Gasteiger partial charge in [0.1, 0.15) is 0 Å². The maximum absolute atomic E-state index is 10.6. The topological polar surface area (TPSA) is 56.9 Å². The highest BCUT2D eigenvalue weighted by molar-refractivity contribution is 9.10. The van der Waals surface area contributed by atoms with Crippen LogP contribution in [0.25, 0.3) is 0 Å². The second-order valence-electron chi connectivity index (χ2n) is 4.61. The largest absolute Gasteiger partial charge is 0.385 e. The van der Waals surface area contributed by atoms with E-state index in [1.54, 1.807) is 31.3 Å². The third-order valence-corrected chi connectivity index (χ3v) is 3.40. The van der Waals surface area contributed by atoms with E-state index in [4.69, 9.17) is 5.26 Å². The minimum absolute atomic E-state index is 0.398. The summed E-state index contributed by atoms with van der Waals surface area (Å²) in [6.45, 7) is 1.73. The normalized spacial score (nSPS) is 13.6. The van der Waals surface area contributed by atoms with Gasteiger partial charge in [0.05, 0.1) is 17.2 Å². The van der Waals surface area contributed by atoms with Crippen LogP contribution in [-0.4, -0.2) is 10.1 Å². The number of rotatable bonds is 3. The van der Waals surface area contributed by atoms with E-state index in [-0.39, 0.29) is 0 Å². The molecule has 0 radical (unpaired) electrons. The molecule has 0 aliphatic heterocycles. The SMILES string of the molecule is CC(O)(Cc1ccc(Br)cn1)c1cccc(C#N)c1. The lowest BCUT2D eigenvalue weighted by molar-refractivity contribution is 0.0566. The Hall–Kier alpha value is -1.70. The molecule has 1 atom stereocenters. The summed E-state index contributed by atoms with van der Waals surface area (Å²) in [7, 11) is 0. The Labute approximate surface area is 120 Å². The van der Waals surface area contributed by atoms with Crippen molar-refractivity contribution >= 4 is 15.9 Å². The molecule has 0 aliphatic carbocycles. The van der Waals surface area contributed by atoms with Crippen LogP contribution in [0.1, 0.15) is 23.7 Å². The molecule has 2 rings (SSSR count). The van der Waals surface area contributed by atoms with Gasteiger partial charge in [-0.05, 0) is 52.7 Å². The minimum atomic E-state index is -1.05. The first-order valence-electron chi connectivity index (χ1n) is 5.85. The van der Waals surface area contributed by atoms with Crippen LogP contribution in [0.5, 0.6) is 0 Å². The molecule has 2 aromatic rings. The molecule has 3 nitrogen and oxygen atoms in total. The summed E-state index contributed by atoms with van der Waals surface area (Å²) in [5.74, 6) is 0. The smallest absolute Gasteiger partial charge is 0.0991 e. The molecule has 1 heterocycles. The monoisotopic (exact) mass is 316 g/mol. The molecule has 1 unspecified atom stereocenters. The van der Waals surface area contributed by atoms with Gasteiger partial charge < -0.3 is 5.11 Å². The fourth-order valence-corrected chi connectivity index (χ4v) is 2.12. The van der Waals surface area contributed by atoms with Gasteiger partial charge in [-0.2, -0.15) is 5.26 Å².